The van der Waals surface area contributed by atoms with E-state index in [-0.39, 0.29) is 17.9 Å². The van der Waals surface area contributed by atoms with Crippen molar-refractivity contribution in [1.82, 2.24) is 5.32 Å². The molecule has 1 atom stereocenters. The van der Waals surface area contributed by atoms with E-state index >= 15 is 0 Å². The Morgan fingerprint density at radius 2 is 1.96 bits per heavy atom. The number of hydrogen-bond acceptors (Lipinski definition) is 5. The molecule has 0 saturated carbocycles. The number of carbonyl (C=O) groups excluding carboxylic acids is 2. The number of anilines is 1. The second-order valence-corrected chi connectivity index (χ2v) is 6.87. The largest absolute Gasteiger partial charge is 0.487 e. The van der Waals surface area contributed by atoms with E-state index in [9.17, 15) is 9.59 Å². The molecule has 27 heavy (non-hydrogen) atoms. The summed E-state index contributed by atoms with van der Waals surface area (Å²) in [6.45, 7) is 1.50. The lowest BCUT2D eigenvalue weighted by molar-refractivity contribution is -0.139. The SMILES string of the molecule is O=C1Nc2ccccc2/C1=C1\OCc2cc(CNC3CCOC3=O)ccc21. The molecule has 1 amide bonds. The number of ether oxygens (including phenoxy) is 2. The van der Waals surface area contributed by atoms with Gasteiger partial charge in [-0.25, -0.2) is 0 Å². The van der Waals surface area contributed by atoms with Crippen LogP contribution in [-0.4, -0.2) is 24.5 Å². The first-order valence-electron chi connectivity index (χ1n) is 9.01. The average molecular weight is 362 g/mol. The molecule has 3 aliphatic rings. The van der Waals surface area contributed by atoms with Gasteiger partial charge >= 0.3 is 5.97 Å². The highest BCUT2D eigenvalue weighted by Crippen LogP contribution is 2.41. The topological polar surface area (TPSA) is 76.7 Å². The molecule has 6 nitrogen and oxygen atoms in total. The standard InChI is InChI=1S/C21H18N2O4/c24-20-18(15-3-1-2-4-16(15)23-20)19-14-6-5-12(9-13(14)11-27-19)10-22-17-7-8-26-21(17)25/h1-6,9,17,22H,7-8,10-11H2,(H,23,24)/b19-18+. The zero-order valence-electron chi connectivity index (χ0n) is 14.6. The summed E-state index contributed by atoms with van der Waals surface area (Å²) < 4.78 is 10.9. The molecule has 6 heteroatoms. The zero-order valence-corrected chi connectivity index (χ0v) is 14.6. The second kappa shape index (κ2) is 6.25. The van der Waals surface area contributed by atoms with Gasteiger partial charge in [-0.05, 0) is 11.6 Å². The number of esters is 1. The summed E-state index contributed by atoms with van der Waals surface area (Å²) in [7, 11) is 0. The van der Waals surface area contributed by atoms with Crippen molar-refractivity contribution in [2.45, 2.75) is 25.6 Å². The van der Waals surface area contributed by atoms with E-state index in [4.69, 9.17) is 9.47 Å². The summed E-state index contributed by atoms with van der Waals surface area (Å²) in [5.41, 5.74) is 5.33. The smallest absolute Gasteiger partial charge is 0.323 e. The first-order chi connectivity index (χ1) is 13.2. The molecule has 136 valence electrons. The number of para-hydroxylation sites is 1. The van der Waals surface area contributed by atoms with Crippen LogP contribution in [0.5, 0.6) is 0 Å². The number of amides is 1. The molecular formula is C21H18N2O4. The van der Waals surface area contributed by atoms with Crippen molar-refractivity contribution < 1.29 is 19.1 Å². The van der Waals surface area contributed by atoms with Crippen molar-refractivity contribution >= 4 is 28.9 Å². The third-order valence-electron chi connectivity index (χ3n) is 5.17. The van der Waals surface area contributed by atoms with Crippen molar-refractivity contribution in [2.75, 3.05) is 11.9 Å². The number of cyclic esters (lactones) is 1. The lowest BCUT2D eigenvalue weighted by Crippen LogP contribution is -2.32. The molecule has 1 unspecified atom stereocenters. The first kappa shape index (κ1) is 16.1. The van der Waals surface area contributed by atoms with E-state index in [0.29, 0.717) is 37.5 Å². The van der Waals surface area contributed by atoms with Crippen LogP contribution in [0, 0.1) is 0 Å². The Morgan fingerprint density at radius 3 is 2.81 bits per heavy atom. The van der Waals surface area contributed by atoms with Gasteiger partial charge in [0, 0.05) is 35.3 Å². The Labute approximate surface area is 156 Å². The number of nitrogens with one attached hydrogen (secondary N) is 2. The summed E-state index contributed by atoms with van der Waals surface area (Å²) in [5, 5.41) is 6.13. The van der Waals surface area contributed by atoms with Gasteiger partial charge in [0.25, 0.3) is 5.91 Å². The Morgan fingerprint density at radius 1 is 1.07 bits per heavy atom. The van der Waals surface area contributed by atoms with Gasteiger partial charge in [-0.2, -0.15) is 0 Å². The van der Waals surface area contributed by atoms with E-state index in [1.165, 1.54) is 0 Å². The summed E-state index contributed by atoms with van der Waals surface area (Å²) in [4.78, 5) is 24.0. The molecule has 2 N–H and O–H groups in total. The van der Waals surface area contributed by atoms with Crippen LogP contribution < -0.4 is 10.6 Å². The van der Waals surface area contributed by atoms with Gasteiger partial charge in [0.1, 0.15) is 18.4 Å². The maximum absolute atomic E-state index is 12.5. The van der Waals surface area contributed by atoms with Crippen molar-refractivity contribution in [1.29, 1.82) is 0 Å². The Bertz CT molecular complexity index is 995. The van der Waals surface area contributed by atoms with E-state index in [2.05, 4.69) is 16.7 Å². The molecule has 0 aliphatic carbocycles. The molecule has 1 saturated heterocycles. The molecule has 1 fully saturated rings. The summed E-state index contributed by atoms with van der Waals surface area (Å²) in [5.74, 6) is 0.313. The number of rotatable bonds is 3. The lowest BCUT2D eigenvalue weighted by Gasteiger charge is -2.09. The van der Waals surface area contributed by atoms with Gasteiger partial charge < -0.3 is 20.1 Å². The molecule has 2 aromatic carbocycles. The Kier molecular flexibility index (Phi) is 3.72. The second-order valence-electron chi connectivity index (χ2n) is 6.87. The van der Waals surface area contributed by atoms with Crippen molar-refractivity contribution in [3.8, 4) is 0 Å². The molecular weight excluding hydrogens is 344 g/mol. The summed E-state index contributed by atoms with van der Waals surface area (Å²) >= 11 is 0. The number of hydrogen-bond donors (Lipinski definition) is 2. The first-order valence-corrected chi connectivity index (χ1v) is 9.01. The molecule has 2 aromatic rings. The quantitative estimate of drug-likeness (QED) is 0.648. The van der Waals surface area contributed by atoms with Crippen LogP contribution in [0.3, 0.4) is 0 Å². The highest BCUT2D eigenvalue weighted by atomic mass is 16.5. The molecule has 0 radical (unpaired) electrons. The van der Waals surface area contributed by atoms with Gasteiger partial charge in [-0.3, -0.25) is 9.59 Å². The molecule has 5 rings (SSSR count). The van der Waals surface area contributed by atoms with Crippen molar-refractivity contribution in [3.05, 3.63) is 64.7 Å². The zero-order chi connectivity index (χ0) is 18.4. The summed E-state index contributed by atoms with van der Waals surface area (Å²) in [6.07, 6.45) is 0.706. The van der Waals surface area contributed by atoms with Gasteiger partial charge in [-0.1, -0.05) is 36.4 Å². The molecule has 0 aromatic heterocycles. The maximum Gasteiger partial charge on any atom is 0.323 e. The fourth-order valence-corrected chi connectivity index (χ4v) is 3.80. The fourth-order valence-electron chi connectivity index (χ4n) is 3.80. The van der Waals surface area contributed by atoms with Crippen molar-refractivity contribution in [3.63, 3.8) is 0 Å². The minimum absolute atomic E-state index is 0.135. The predicted octanol–water partition coefficient (Wildman–Crippen LogP) is 2.44. The molecule has 0 spiro atoms. The van der Waals surface area contributed by atoms with Gasteiger partial charge in [0.05, 0.1) is 12.2 Å². The number of fused-ring (bicyclic) bond motifs is 2. The summed E-state index contributed by atoms with van der Waals surface area (Å²) in [6, 6.07) is 13.5. The Hall–Kier alpha value is -3.12. The third kappa shape index (κ3) is 2.69. The normalized spacial score (nSPS) is 22.9. The van der Waals surface area contributed by atoms with E-state index < -0.39 is 0 Å². The predicted molar refractivity (Wildman–Crippen MR) is 99.3 cm³/mol. The van der Waals surface area contributed by atoms with Gasteiger partial charge in [-0.15, -0.1) is 0 Å². The van der Waals surface area contributed by atoms with E-state index in [1.807, 2.05) is 36.4 Å². The highest BCUT2D eigenvalue weighted by Gasteiger charge is 2.32. The fraction of sp³-hybridized carbons (Fsp3) is 0.238. The van der Waals surface area contributed by atoms with Crippen LogP contribution in [0.1, 0.15) is 28.7 Å². The van der Waals surface area contributed by atoms with Gasteiger partial charge in [0.2, 0.25) is 0 Å². The van der Waals surface area contributed by atoms with Crippen LogP contribution >= 0.6 is 0 Å². The van der Waals surface area contributed by atoms with Crippen LogP contribution in [0.25, 0.3) is 11.3 Å². The molecule has 3 aliphatic heterocycles. The highest BCUT2D eigenvalue weighted by molar-refractivity contribution is 6.36. The minimum atomic E-state index is -0.231. The number of benzene rings is 2. The minimum Gasteiger partial charge on any atom is -0.487 e. The average Bonchev–Trinajstić information content (AvgIpc) is 3.35. The van der Waals surface area contributed by atoms with Crippen molar-refractivity contribution in [2.24, 2.45) is 0 Å². The molecule has 3 heterocycles. The Balaban J connectivity index is 1.43. The maximum atomic E-state index is 12.5. The van der Waals surface area contributed by atoms with Crippen LogP contribution in [-0.2, 0) is 32.2 Å². The van der Waals surface area contributed by atoms with E-state index in [0.717, 1.165) is 27.9 Å². The molecule has 0 bridgehead atoms. The monoisotopic (exact) mass is 362 g/mol. The van der Waals surface area contributed by atoms with Crippen LogP contribution in [0.15, 0.2) is 42.5 Å². The number of carbonyl (C=O) groups is 2. The van der Waals surface area contributed by atoms with Crippen LogP contribution in [0.2, 0.25) is 0 Å². The van der Waals surface area contributed by atoms with E-state index in [1.54, 1.807) is 0 Å². The van der Waals surface area contributed by atoms with Gasteiger partial charge in [0.15, 0.2) is 0 Å². The lowest BCUT2D eigenvalue weighted by atomic mass is 9.99. The van der Waals surface area contributed by atoms with Crippen LogP contribution in [0.4, 0.5) is 5.69 Å². The third-order valence-corrected chi connectivity index (χ3v) is 5.17.